The van der Waals surface area contributed by atoms with Gasteiger partial charge in [0.05, 0.1) is 6.20 Å². The maximum absolute atomic E-state index is 5.68. The lowest BCUT2D eigenvalue weighted by Gasteiger charge is -2.00. The van der Waals surface area contributed by atoms with Gasteiger partial charge in [0.2, 0.25) is 0 Å². The van der Waals surface area contributed by atoms with Gasteiger partial charge in [-0.1, -0.05) is 12.1 Å². The molecule has 0 aliphatic rings. The summed E-state index contributed by atoms with van der Waals surface area (Å²) in [5.74, 6) is 0.868. The summed E-state index contributed by atoms with van der Waals surface area (Å²) in [6.45, 7) is 0.603. The Morgan fingerprint density at radius 1 is 1.11 bits per heavy atom. The lowest BCUT2D eigenvalue weighted by atomic mass is 10.1. The van der Waals surface area contributed by atoms with E-state index in [9.17, 15) is 0 Å². The van der Waals surface area contributed by atoms with Crippen molar-refractivity contribution in [2.75, 3.05) is 5.73 Å². The molecule has 0 aliphatic heterocycles. The van der Waals surface area contributed by atoms with E-state index < -0.39 is 0 Å². The molecule has 0 unspecified atom stereocenters. The van der Waals surface area contributed by atoms with Gasteiger partial charge in [0, 0.05) is 24.5 Å². The molecule has 0 amide bonds. The fourth-order valence-corrected chi connectivity index (χ4v) is 1.88. The van der Waals surface area contributed by atoms with Crippen LogP contribution in [0.4, 0.5) is 5.69 Å². The van der Waals surface area contributed by atoms with Crippen LogP contribution < -0.4 is 5.73 Å². The van der Waals surface area contributed by atoms with Gasteiger partial charge in [0.25, 0.3) is 0 Å². The molecule has 0 aliphatic carbocycles. The average Bonchev–Trinajstić information content (AvgIpc) is 3.01. The predicted molar refractivity (Wildman–Crippen MR) is 72.2 cm³/mol. The second-order valence-electron chi connectivity index (χ2n) is 4.35. The van der Waals surface area contributed by atoms with Crippen LogP contribution >= 0.6 is 0 Å². The van der Waals surface area contributed by atoms with Crippen LogP contribution in [0, 0.1) is 0 Å². The van der Waals surface area contributed by atoms with E-state index in [0.29, 0.717) is 6.54 Å². The van der Waals surface area contributed by atoms with E-state index in [4.69, 9.17) is 5.73 Å². The minimum absolute atomic E-state index is 0.603. The first-order chi connectivity index (χ1) is 9.22. The Morgan fingerprint density at radius 2 is 1.89 bits per heavy atom. The lowest BCUT2D eigenvalue weighted by Crippen LogP contribution is -2.06. The lowest BCUT2D eigenvalue weighted by molar-refractivity contribution is 0.608. The number of hydrogen-bond donors (Lipinski definition) is 1. The number of anilines is 1. The molecule has 2 heterocycles. The summed E-state index contributed by atoms with van der Waals surface area (Å²) in [4.78, 5) is 4.18. The fourth-order valence-electron chi connectivity index (χ4n) is 1.88. The van der Waals surface area contributed by atoms with Crippen LogP contribution in [0.5, 0.6) is 0 Å². The van der Waals surface area contributed by atoms with Crippen LogP contribution in [0.1, 0.15) is 5.82 Å². The first-order valence-electron chi connectivity index (χ1n) is 5.93. The monoisotopic (exact) mass is 254 g/mol. The van der Waals surface area contributed by atoms with Gasteiger partial charge in [-0.2, -0.15) is 10.2 Å². The van der Waals surface area contributed by atoms with Crippen LogP contribution in [0.2, 0.25) is 0 Å². The van der Waals surface area contributed by atoms with E-state index in [2.05, 4.69) is 15.2 Å². The minimum atomic E-state index is 0.603. The molecule has 0 saturated carbocycles. The van der Waals surface area contributed by atoms with E-state index in [1.807, 2.05) is 48.4 Å². The Kier molecular flexibility index (Phi) is 2.75. The van der Waals surface area contributed by atoms with Gasteiger partial charge >= 0.3 is 0 Å². The van der Waals surface area contributed by atoms with Gasteiger partial charge < -0.3 is 5.73 Å². The number of benzene rings is 1. The molecule has 3 aromatic rings. The van der Waals surface area contributed by atoms with Crippen LogP contribution in [0.15, 0.2) is 43.0 Å². The molecule has 0 saturated heterocycles. The number of aryl methyl sites for hydroxylation is 1. The van der Waals surface area contributed by atoms with Crippen molar-refractivity contribution in [2.45, 2.75) is 6.54 Å². The van der Waals surface area contributed by atoms with Crippen LogP contribution in [-0.2, 0) is 13.6 Å². The smallest absolute Gasteiger partial charge is 0.148 e. The molecular weight excluding hydrogens is 240 g/mol. The second-order valence-corrected chi connectivity index (χ2v) is 4.35. The molecule has 0 atom stereocenters. The molecule has 0 spiro atoms. The van der Waals surface area contributed by atoms with E-state index in [0.717, 1.165) is 22.6 Å². The molecule has 96 valence electrons. The molecule has 0 fully saturated rings. The Labute approximate surface area is 110 Å². The Balaban J connectivity index is 1.83. The van der Waals surface area contributed by atoms with Gasteiger partial charge in [-0.05, 0) is 17.7 Å². The summed E-state index contributed by atoms with van der Waals surface area (Å²) in [6, 6.07) is 7.74. The highest BCUT2D eigenvalue weighted by molar-refractivity contribution is 5.63. The Bertz CT molecular complexity index is 679. The third-order valence-electron chi connectivity index (χ3n) is 2.99. The molecule has 0 radical (unpaired) electrons. The van der Waals surface area contributed by atoms with E-state index in [-0.39, 0.29) is 0 Å². The highest BCUT2D eigenvalue weighted by atomic mass is 15.3. The summed E-state index contributed by atoms with van der Waals surface area (Å²) in [6.07, 6.45) is 5.36. The first kappa shape index (κ1) is 11.5. The highest BCUT2D eigenvalue weighted by Gasteiger charge is 2.05. The molecular formula is C13H14N6. The molecule has 2 aromatic heterocycles. The Hall–Kier alpha value is -2.63. The number of hydrogen-bond acceptors (Lipinski definition) is 4. The standard InChI is InChI=1S/C13H14N6/c1-18-13(15-9-17-18)8-19-7-11(6-16-19)10-2-4-12(14)5-3-10/h2-7,9H,8,14H2,1H3. The van der Waals surface area contributed by atoms with Crippen molar-refractivity contribution >= 4 is 5.69 Å². The zero-order valence-corrected chi connectivity index (χ0v) is 10.6. The third kappa shape index (κ3) is 2.33. The largest absolute Gasteiger partial charge is 0.399 e. The number of rotatable bonds is 3. The van der Waals surface area contributed by atoms with Gasteiger partial charge in [0.1, 0.15) is 18.7 Å². The maximum Gasteiger partial charge on any atom is 0.148 e. The van der Waals surface area contributed by atoms with E-state index in [1.165, 1.54) is 0 Å². The zero-order chi connectivity index (χ0) is 13.2. The third-order valence-corrected chi connectivity index (χ3v) is 2.99. The van der Waals surface area contributed by atoms with Gasteiger partial charge in [0.15, 0.2) is 0 Å². The SMILES string of the molecule is Cn1ncnc1Cn1cc(-c2ccc(N)cc2)cn1. The number of aromatic nitrogens is 5. The van der Waals surface area contributed by atoms with Crippen molar-refractivity contribution in [3.8, 4) is 11.1 Å². The summed E-state index contributed by atoms with van der Waals surface area (Å²) in [7, 11) is 1.87. The minimum Gasteiger partial charge on any atom is -0.399 e. The van der Waals surface area contributed by atoms with Crippen molar-refractivity contribution in [1.82, 2.24) is 24.5 Å². The van der Waals surface area contributed by atoms with Crippen molar-refractivity contribution in [3.05, 3.63) is 48.8 Å². The quantitative estimate of drug-likeness (QED) is 0.715. The molecule has 0 bridgehead atoms. The molecule has 1 aromatic carbocycles. The normalized spacial score (nSPS) is 10.8. The number of nitrogen functional groups attached to an aromatic ring is 1. The summed E-state index contributed by atoms with van der Waals surface area (Å²) < 4.78 is 3.58. The zero-order valence-electron chi connectivity index (χ0n) is 10.6. The van der Waals surface area contributed by atoms with Crippen LogP contribution in [-0.4, -0.2) is 24.5 Å². The van der Waals surface area contributed by atoms with Crippen LogP contribution in [0.25, 0.3) is 11.1 Å². The average molecular weight is 254 g/mol. The molecule has 3 rings (SSSR count). The predicted octanol–water partition coefficient (Wildman–Crippen LogP) is 1.31. The number of nitrogens with two attached hydrogens (primary N) is 1. The van der Waals surface area contributed by atoms with Crippen molar-refractivity contribution in [3.63, 3.8) is 0 Å². The highest BCUT2D eigenvalue weighted by Crippen LogP contribution is 2.19. The van der Waals surface area contributed by atoms with Gasteiger partial charge in [-0.15, -0.1) is 0 Å². The van der Waals surface area contributed by atoms with Crippen molar-refractivity contribution in [1.29, 1.82) is 0 Å². The van der Waals surface area contributed by atoms with Crippen molar-refractivity contribution < 1.29 is 0 Å². The molecule has 6 nitrogen and oxygen atoms in total. The summed E-state index contributed by atoms with van der Waals surface area (Å²) in [5, 5.41) is 8.37. The van der Waals surface area contributed by atoms with E-state index >= 15 is 0 Å². The molecule has 6 heteroatoms. The van der Waals surface area contributed by atoms with E-state index in [1.54, 1.807) is 11.0 Å². The molecule has 2 N–H and O–H groups in total. The second kappa shape index (κ2) is 4.56. The Morgan fingerprint density at radius 3 is 2.58 bits per heavy atom. The van der Waals surface area contributed by atoms with Crippen LogP contribution in [0.3, 0.4) is 0 Å². The molecule has 19 heavy (non-hydrogen) atoms. The number of nitrogens with zero attached hydrogens (tertiary/aromatic N) is 5. The van der Waals surface area contributed by atoms with Crippen molar-refractivity contribution in [2.24, 2.45) is 7.05 Å². The summed E-state index contributed by atoms with van der Waals surface area (Å²) in [5.41, 5.74) is 8.59. The summed E-state index contributed by atoms with van der Waals surface area (Å²) >= 11 is 0. The fraction of sp³-hybridized carbons (Fsp3) is 0.154. The topological polar surface area (TPSA) is 74.5 Å². The van der Waals surface area contributed by atoms with Gasteiger partial charge in [-0.3, -0.25) is 9.36 Å². The maximum atomic E-state index is 5.68. The van der Waals surface area contributed by atoms with Gasteiger partial charge in [-0.25, -0.2) is 4.98 Å². The first-order valence-corrected chi connectivity index (χ1v) is 5.93.